The zero-order valence-electron chi connectivity index (χ0n) is 19.7. The SMILES string of the molecule is CC(C)(NC(=O)C1CCCCCC1NC(=O)OCC1c2ccccc2-c2ccccc21)C(=O)O. The first kappa shape index (κ1) is 23.8. The Morgan fingerprint density at radius 3 is 2.15 bits per heavy atom. The van der Waals surface area contributed by atoms with Crippen molar-refractivity contribution < 1.29 is 24.2 Å². The molecule has 0 aromatic heterocycles. The van der Waals surface area contributed by atoms with Gasteiger partial charge < -0.3 is 20.5 Å². The Labute approximate surface area is 199 Å². The van der Waals surface area contributed by atoms with Gasteiger partial charge in [0.25, 0.3) is 0 Å². The van der Waals surface area contributed by atoms with E-state index in [1.54, 1.807) is 0 Å². The van der Waals surface area contributed by atoms with Gasteiger partial charge in [-0.1, -0.05) is 67.8 Å². The highest BCUT2D eigenvalue weighted by molar-refractivity contribution is 5.88. The maximum atomic E-state index is 12.9. The number of aliphatic carboxylic acids is 1. The van der Waals surface area contributed by atoms with Crippen molar-refractivity contribution >= 4 is 18.0 Å². The topological polar surface area (TPSA) is 105 Å². The van der Waals surface area contributed by atoms with Gasteiger partial charge in [-0.2, -0.15) is 0 Å². The van der Waals surface area contributed by atoms with Gasteiger partial charge in [0, 0.05) is 12.0 Å². The summed E-state index contributed by atoms with van der Waals surface area (Å²) in [5.74, 6) is -1.99. The summed E-state index contributed by atoms with van der Waals surface area (Å²) in [6.45, 7) is 3.12. The van der Waals surface area contributed by atoms with Crippen molar-refractivity contribution in [1.29, 1.82) is 0 Å². The van der Waals surface area contributed by atoms with E-state index >= 15 is 0 Å². The average Bonchev–Trinajstić information content (AvgIpc) is 2.94. The van der Waals surface area contributed by atoms with Gasteiger partial charge in [0.15, 0.2) is 0 Å². The molecular weight excluding hydrogens is 432 g/mol. The van der Waals surface area contributed by atoms with E-state index in [9.17, 15) is 19.5 Å². The van der Waals surface area contributed by atoms with Gasteiger partial charge in [-0.05, 0) is 48.9 Å². The number of carboxylic acid groups (broad SMARTS) is 1. The minimum atomic E-state index is -1.38. The van der Waals surface area contributed by atoms with Crippen LogP contribution in [0.15, 0.2) is 48.5 Å². The van der Waals surface area contributed by atoms with E-state index in [0.29, 0.717) is 12.8 Å². The highest BCUT2D eigenvalue weighted by Gasteiger charge is 2.37. The van der Waals surface area contributed by atoms with E-state index in [1.807, 2.05) is 24.3 Å². The summed E-state index contributed by atoms with van der Waals surface area (Å²) in [4.78, 5) is 37.2. The lowest BCUT2D eigenvalue weighted by molar-refractivity contribution is -0.147. The van der Waals surface area contributed by atoms with E-state index < -0.39 is 29.6 Å². The largest absolute Gasteiger partial charge is 0.480 e. The van der Waals surface area contributed by atoms with Gasteiger partial charge in [-0.25, -0.2) is 9.59 Å². The van der Waals surface area contributed by atoms with Crippen LogP contribution in [0, 0.1) is 5.92 Å². The second kappa shape index (κ2) is 9.87. The van der Waals surface area contributed by atoms with E-state index in [1.165, 1.54) is 13.8 Å². The third-order valence-corrected chi connectivity index (χ3v) is 6.97. The molecule has 0 aliphatic heterocycles. The van der Waals surface area contributed by atoms with E-state index in [-0.39, 0.29) is 18.4 Å². The van der Waals surface area contributed by atoms with Crippen molar-refractivity contribution in [2.75, 3.05) is 6.61 Å². The fraction of sp³-hybridized carbons (Fsp3) is 0.444. The molecule has 2 aromatic carbocycles. The zero-order chi connectivity index (χ0) is 24.3. The quantitative estimate of drug-likeness (QED) is 0.548. The first-order valence-corrected chi connectivity index (χ1v) is 11.9. The number of nitrogens with one attached hydrogen (secondary N) is 2. The molecule has 2 atom stereocenters. The summed E-state index contributed by atoms with van der Waals surface area (Å²) in [6.07, 6.45) is 3.40. The maximum absolute atomic E-state index is 12.9. The number of carbonyl (C=O) groups is 3. The Kier molecular flexibility index (Phi) is 6.91. The number of amides is 2. The van der Waals surface area contributed by atoms with E-state index in [2.05, 4.69) is 34.9 Å². The van der Waals surface area contributed by atoms with Crippen LogP contribution in [0.3, 0.4) is 0 Å². The van der Waals surface area contributed by atoms with Crippen molar-refractivity contribution in [1.82, 2.24) is 10.6 Å². The Morgan fingerprint density at radius 2 is 1.53 bits per heavy atom. The molecule has 0 spiro atoms. The molecule has 2 amide bonds. The summed E-state index contributed by atoms with van der Waals surface area (Å²) in [7, 11) is 0. The number of fused-ring (bicyclic) bond motifs is 3. The summed E-state index contributed by atoms with van der Waals surface area (Å²) in [5.41, 5.74) is 3.22. The monoisotopic (exact) mass is 464 g/mol. The van der Waals surface area contributed by atoms with Crippen LogP contribution in [0.1, 0.15) is 63.0 Å². The van der Waals surface area contributed by atoms with Gasteiger partial charge in [-0.15, -0.1) is 0 Å². The van der Waals surface area contributed by atoms with E-state index in [0.717, 1.165) is 41.5 Å². The fourth-order valence-electron chi connectivity index (χ4n) is 5.04. The number of carbonyl (C=O) groups excluding carboxylic acids is 2. The predicted octanol–water partition coefficient (Wildman–Crippen LogP) is 4.45. The number of benzene rings is 2. The van der Waals surface area contributed by atoms with Crippen LogP contribution in [0.25, 0.3) is 11.1 Å². The second-order valence-corrected chi connectivity index (χ2v) is 9.74. The second-order valence-electron chi connectivity index (χ2n) is 9.74. The standard InChI is InChI=1S/C27H32N2O5/c1-27(2,25(31)32)29-24(30)21-14-4-3-5-15-23(21)28-26(33)34-16-22-19-12-8-6-10-17(19)18-11-7-9-13-20(18)22/h6-13,21-23H,3-5,14-16H2,1-2H3,(H,28,33)(H,29,30)(H,31,32). The molecule has 180 valence electrons. The smallest absolute Gasteiger partial charge is 0.407 e. The highest BCUT2D eigenvalue weighted by atomic mass is 16.5. The lowest BCUT2D eigenvalue weighted by Crippen LogP contribution is -2.55. The lowest BCUT2D eigenvalue weighted by Gasteiger charge is -2.29. The Bertz CT molecular complexity index is 1030. The molecule has 7 heteroatoms. The summed E-state index contributed by atoms with van der Waals surface area (Å²) in [6, 6.07) is 15.9. The van der Waals surface area contributed by atoms with Crippen molar-refractivity contribution in [3.8, 4) is 11.1 Å². The third kappa shape index (κ3) is 4.93. The number of hydrogen-bond acceptors (Lipinski definition) is 4. The highest BCUT2D eigenvalue weighted by Crippen LogP contribution is 2.44. The van der Waals surface area contributed by atoms with Crippen molar-refractivity contribution in [3.63, 3.8) is 0 Å². The number of hydrogen-bond donors (Lipinski definition) is 3. The molecular formula is C27H32N2O5. The molecule has 3 N–H and O–H groups in total. The predicted molar refractivity (Wildman–Crippen MR) is 128 cm³/mol. The normalized spacial score (nSPS) is 19.9. The number of alkyl carbamates (subject to hydrolysis) is 1. The van der Waals surface area contributed by atoms with Crippen LogP contribution in [0.5, 0.6) is 0 Å². The Hall–Kier alpha value is -3.35. The minimum Gasteiger partial charge on any atom is -0.480 e. The van der Waals surface area contributed by atoms with Crippen LogP contribution >= 0.6 is 0 Å². The van der Waals surface area contributed by atoms with Gasteiger partial charge >= 0.3 is 12.1 Å². The van der Waals surface area contributed by atoms with Gasteiger partial charge in [0.05, 0.1) is 5.92 Å². The molecule has 2 aromatic rings. The molecule has 7 nitrogen and oxygen atoms in total. The van der Waals surface area contributed by atoms with Crippen molar-refractivity contribution in [2.24, 2.45) is 5.92 Å². The molecule has 0 saturated heterocycles. The Morgan fingerprint density at radius 1 is 0.941 bits per heavy atom. The fourth-order valence-corrected chi connectivity index (χ4v) is 5.04. The molecule has 2 aliphatic rings. The summed E-state index contributed by atoms with van der Waals surface area (Å²) >= 11 is 0. The molecule has 2 unspecified atom stereocenters. The molecule has 1 saturated carbocycles. The molecule has 4 rings (SSSR count). The van der Waals surface area contributed by atoms with Crippen molar-refractivity contribution in [3.05, 3.63) is 59.7 Å². The summed E-state index contributed by atoms with van der Waals surface area (Å²) in [5, 5.41) is 14.9. The molecule has 1 fully saturated rings. The van der Waals surface area contributed by atoms with Gasteiger partial charge in [0.1, 0.15) is 12.1 Å². The first-order chi connectivity index (χ1) is 16.3. The van der Waals surface area contributed by atoms with Crippen LogP contribution < -0.4 is 10.6 Å². The first-order valence-electron chi connectivity index (χ1n) is 11.9. The van der Waals surface area contributed by atoms with Crippen LogP contribution in [-0.2, 0) is 14.3 Å². The van der Waals surface area contributed by atoms with Crippen LogP contribution in [0.2, 0.25) is 0 Å². The van der Waals surface area contributed by atoms with Gasteiger partial charge in [0.2, 0.25) is 5.91 Å². The lowest BCUT2D eigenvalue weighted by atomic mass is 9.92. The average molecular weight is 465 g/mol. The number of carboxylic acids is 1. The Balaban J connectivity index is 1.42. The molecule has 0 bridgehead atoms. The molecule has 34 heavy (non-hydrogen) atoms. The van der Waals surface area contributed by atoms with Gasteiger partial charge in [-0.3, -0.25) is 4.79 Å². The summed E-state index contributed by atoms with van der Waals surface area (Å²) < 4.78 is 5.67. The minimum absolute atomic E-state index is 0.0391. The number of ether oxygens (including phenoxy) is 1. The third-order valence-electron chi connectivity index (χ3n) is 6.97. The van der Waals surface area contributed by atoms with E-state index in [4.69, 9.17) is 4.74 Å². The zero-order valence-corrected chi connectivity index (χ0v) is 19.7. The van der Waals surface area contributed by atoms with Crippen LogP contribution in [0.4, 0.5) is 4.79 Å². The van der Waals surface area contributed by atoms with Crippen LogP contribution in [-0.4, -0.2) is 41.3 Å². The molecule has 0 heterocycles. The maximum Gasteiger partial charge on any atom is 0.407 e. The number of rotatable bonds is 6. The molecule has 0 radical (unpaired) electrons. The van der Waals surface area contributed by atoms with Crippen molar-refractivity contribution in [2.45, 2.75) is 63.5 Å². The molecule has 2 aliphatic carbocycles.